The number of phenolic OH excluding ortho intramolecular Hbond substituents is 1. The number of benzene rings is 1. The molecule has 9 heteroatoms. The molecule has 1 aromatic carbocycles. The zero-order valence-corrected chi connectivity index (χ0v) is 16.7. The van der Waals surface area contributed by atoms with Gasteiger partial charge in [-0.1, -0.05) is 27.7 Å². The number of phenols is 1. The van der Waals surface area contributed by atoms with Gasteiger partial charge in [-0.15, -0.1) is 0 Å². The molecule has 1 aromatic heterocycles. The molecule has 2 heterocycles. The first-order chi connectivity index (χ1) is 13.7. The number of nitrogens with one attached hydrogen (secondary N) is 1. The van der Waals surface area contributed by atoms with Crippen molar-refractivity contribution in [1.82, 2.24) is 9.97 Å². The molecule has 0 radical (unpaired) electrons. The summed E-state index contributed by atoms with van der Waals surface area (Å²) in [5.41, 5.74) is 0.710. The molecule has 1 aliphatic rings. The Morgan fingerprint density at radius 3 is 2.48 bits per heavy atom. The minimum atomic E-state index is -1.10. The quantitative estimate of drug-likeness (QED) is 0.663. The van der Waals surface area contributed by atoms with Gasteiger partial charge in [-0.2, -0.15) is 4.98 Å². The number of ether oxygens (including phenoxy) is 1. The molecule has 29 heavy (non-hydrogen) atoms. The molecule has 0 fully saturated rings. The van der Waals surface area contributed by atoms with E-state index in [0.717, 1.165) is 18.6 Å². The van der Waals surface area contributed by atoms with E-state index in [1.54, 1.807) is 6.20 Å². The first kappa shape index (κ1) is 20.8. The lowest BCUT2D eigenvalue weighted by Gasteiger charge is -2.34. The second-order valence-corrected chi connectivity index (χ2v) is 7.77. The fourth-order valence-corrected chi connectivity index (χ4v) is 3.03. The monoisotopic (exact) mass is 406 g/mol. The van der Waals surface area contributed by atoms with E-state index in [2.05, 4.69) is 15.3 Å². The number of cyclic esters (lactones) is 1. The van der Waals surface area contributed by atoms with Gasteiger partial charge in [0.2, 0.25) is 5.95 Å². The smallest absolute Gasteiger partial charge is 0.416 e. The fraction of sp³-hybridized carbons (Fsp3) is 0.450. The molecule has 1 amide bonds. The Morgan fingerprint density at radius 1 is 1.24 bits per heavy atom. The van der Waals surface area contributed by atoms with E-state index >= 15 is 0 Å². The molecule has 1 unspecified atom stereocenters. The summed E-state index contributed by atoms with van der Waals surface area (Å²) in [5.74, 6) is -2.38. The van der Waals surface area contributed by atoms with Crippen LogP contribution >= 0.6 is 0 Å². The molecular weight excluding hydrogens is 382 g/mol. The molecule has 0 aliphatic carbocycles. The van der Waals surface area contributed by atoms with Gasteiger partial charge in [0.05, 0.1) is 5.56 Å². The Morgan fingerprint density at radius 2 is 1.90 bits per heavy atom. The van der Waals surface area contributed by atoms with E-state index in [-0.39, 0.29) is 17.6 Å². The zero-order valence-electron chi connectivity index (χ0n) is 16.7. The van der Waals surface area contributed by atoms with Crippen LogP contribution in [0.15, 0.2) is 18.3 Å². The summed E-state index contributed by atoms with van der Waals surface area (Å²) >= 11 is 0. The molecule has 0 saturated carbocycles. The Labute approximate surface area is 167 Å². The Hall–Kier alpha value is -2.97. The predicted octanol–water partition coefficient (Wildman–Crippen LogP) is 4.90. The van der Waals surface area contributed by atoms with Gasteiger partial charge in [0.25, 0.3) is 0 Å². The van der Waals surface area contributed by atoms with Gasteiger partial charge in [0, 0.05) is 30.6 Å². The third kappa shape index (κ3) is 4.38. The highest BCUT2D eigenvalue weighted by Gasteiger charge is 2.36. The maximum absolute atomic E-state index is 13.6. The predicted molar refractivity (Wildman–Crippen MR) is 104 cm³/mol. The van der Waals surface area contributed by atoms with Gasteiger partial charge in [-0.25, -0.2) is 18.6 Å². The highest BCUT2D eigenvalue weighted by molar-refractivity contribution is 5.89. The van der Waals surface area contributed by atoms with E-state index in [1.807, 2.05) is 27.7 Å². The maximum Gasteiger partial charge on any atom is 0.416 e. The molecule has 1 aliphatic heterocycles. The summed E-state index contributed by atoms with van der Waals surface area (Å²) in [6.07, 6.45) is 1.34. The summed E-state index contributed by atoms with van der Waals surface area (Å²) in [6, 6.07) is 1.87. The second kappa shape index (κ2) is 8.18. The van der Waals surface area contributed by atoms with Gasteiger partial charge in [0.15, 0.2) is 23.2 Å². The van der Waals surface area contributed by atoms with E-state index in [0.29, 0.717) is 23.8 Å². The van der Waals surface area contributed by atoms with Crippen molar-refractivity contribution in [2.24, 2.45) is 11.8 Å². The average Bonchev–Trinajstić information content (AvgIpc) is 2.64. The summed E-state index contributed by atoms with van der Waals surface area (Å²) in [5, 5.41) is 12.0. The van der Waals surface area contributed by atoms with Gasteiger partial charge in [0.1, 0.15) is 6.10 Å². The summed E-state index contributed by atoms with van der Waals surface area (Å²) < 4.78 is 32.8. The number of nitrogens with zero attached hydrogens (tertiary/aromatic N) is 3. The lowest BCUT2D eigenvalue weighted by Crippen LogP contribution is -2.40. The van der Waals surface area contributed by atoms with Crippen molar-refractivity contribution < 1.29 is 23.4 Å². The highest BCUT2D eigenvalue weighted by Crippen LogP contribution is 2.38. The third-order valence-corrected chi connectivity index (χ3v) is 4.61. The maximum atomic E-state index is 13.6. The number of hydrogen-bond acceptors (Lipinski definition) is 6. The lowest BCUT2D eigenvalue weighted by atomic mass is 9.99. The zero-order chi connectivity index (χ0) is 21.3. The molecule has 0 saturated heterocycles. The minimum absolute atomic E-state index is 0.0210. The van der Waals surface area contributed by atoms with Gasteiger partial charge >= 0.3 is 6.09 Å². The molecule has 156 valence electrons. The number of aromatic nitrogens is 2. The van der Waals surface area contributed by atoms with Crippen LogP contribution in [0.2, 0.25) is 0 Å². The van der Waals surface area contributed by atoms with E-state index in [1.165, 1.54) is 4.90 Å². The van der Waals surface area contributed by atoms with E-state index in [9.17, 15) is 18.7 Å². The minimum Gasteiger partial charge on any atom is -0.503 e. The molecule has 1 atom stereocenters. The van der Waals surface area contributed by atoms with Crippen molar-refractivity contribution >= 4 is 23.5 Å². The largest absolute Gasteiger partial charge is 0.503 e. The molecule has 0 bridgehead atoms. The molecule has 2 aromatic rings. The normalized spacial score (nSPS) is 16.2. The van der Waals surface area contributed by atoms with Crippen molar-refractivity contribution in [3.8, 4) is 5.75 Å². The summed E-state index contributed by atoms with van der Waals surface area (Å²) in [6.45, 7) is 8.38. The molecule has 2 N–H and O–H groups in total. The number of fused-ring (bicyclic) bond motifs is 1. The number of rotatable bonds is 6. The van der Waals surface area contributed by atoms with Gasteiger partial charge in [-0.3, -0.25) is 4.90 Å². The van der Waals surface area contributed by atoms with Crippen molar-refractivity contribution in [3.05, 3.63) is 35.5 Å². The number of amides is 1. The number of carbonyl (C=O) groups is 1. The number of hydrogen-bond donors (Lipinski definition) is 2. The molecular formula is C20H24F2N4O3. The van der Waals surface area contributed by atoms with E-state index < -0.39 is 29.6 Å². The van der Waals surface area contributed by atoms with Crippen LogP contribution in [-0.2, 0) is 4.74 Å². The molecule has 3 rings (SSSR count). The molecule has 7 nitrogen and oxygen atoms in total. The number of carbonyl (C=O) groups excluding carboxylic acids is 1. The number of aromatic hydroxyl groups is 1. The van der Waals surface area contributed by atoms with Gasteiger partial charge in [-0.05, 0) is 18.3 Å². The first-order valence-electron chi connectivity index (χ1n) is 9.47. The average molecular weight is 406 g/mol. The fourth-order valence-electron chi connectivity index (χ4n) is 3.03. The van der Waals surface area contributed by atoms with Crippen LogP contribution in [0.25, 0.3) is 0 Å². The van der Waals surface area contributed by atoms with Crippen molar-refractivity contribution in [3.63, 3.8) is 0 Å². The number of anilines is 3. The van der Waals surface area contributed by atoms with Crippen LogP contribution in [0.5, 0.6) is 5.75 Å². The van der Waals surface area contributed by atoms with Crippen LogP contribution in [0.1, 0.15) is 45.8 Å². The third-order valence-electron chi connectivity index (χ3n) is 4.61. The highest BCUT2D eigenvalue weighted by atomic mass is 19.1. The van der Waals surface area contributed by atoms with Crippen LogP contribution < -0.4 is 10.2 Å². The molecule has 0 spiro atoms. The Balaban J connectivity index is 1.97. The van der Waals surface area contributed by atoms with Gasteiger partial charge < -0.3 is 15.2 Å². The first-order valence-corrected chi connectivity index (χ1v) is 9.47. The van der Waals surface area contributed by atoms with Crippen LogP contribution in [-0.4, -0.2) is 27.7 Å². The van der Waals surface area contributed by atoms with E-state index in [4.69, 9.17) is 4.74 Å². The second-order valence-electron chi connectivity index (χ2n) is 7.77. The van der Waals surface area contributed by atoms with Crippen LogP contribution in [0.3, 0.4) is 0 Å². The van der Waals surface area contributed by atoms with Crippen LogP contribution in [0.4, 0.5) is 31.0 Å². The van der Waals surface area contributed by atoms with Crippen molar-refractivity contribution in [2.75, 3.05) is 16.8 Å². The van der Waals surface area contributed by atoms with Crippen LogP contribution in [0, 0.1) is 23.5 Å². The SMILES string of the molecule is CC(C)CCN1C(=O)OC(C(C)C)c2cnc(Nc3cc(F)c(O)c(F)c3)nc21. The van der Waals surface area contributed by atoms with Crippen molar-refractivity contribution in [1.29, 1.82) is 0 Å². The Kier molecular flexibility index (Phi) is 5.86. The number of halogens is 2. The van der Waals surface area contributed by atoms with Crippen molar-refractivity contribution in [2.45, 2.75) is 40.2 Å². The standard InChI is InChI=1S/C20H24F2N4O3/c1-10(2)5-6-26-18-13(17(11(3)4)29-20(26)28)9-23-19(25-18)24-12-7-14(21)16(27)15(22)8-12/h7-11,17,27H,5-6H2,1-4H3,(H,23,24,25). The summed E-state index contributed by atoms with van der Waals surface area (Å²) in [4.78, 5) is 22.7. The lowest BCUT2D eigenvalue weighted by molar-refractivity contribution is 0.0691. The summed E-state index contributed by atoms with van der Waals surface area (Å²) in [7, 11) is 0. The Bertz CT molecular complexity index is 898. The topological polar surface area (TPSA) is 87.6 Å².